The van der Waals surface area contributed by atoms with Crippen LogP contribution in [0.1, 0.15) is 52.4 Å². The van der Waals surface area contributed by atoms with Crippen molar-refractivity contribution in [2.24, 2.45) is 11.1 Å². The molecule has 6 heteroatoms. The molecule has 0 aromatic carbocycles. The number of carbonyl (C=O) groups is 1. The minimum absolute atomic E-state index is 0.0150. The van der Waals surface area contributed by atoms with E-state index in [0.717, 1.165) is 25.7 Å². The van der Waals surface area contributed by atoms with Crippen molar-refractivity contribution >= 4 is 15.7 Å². The minimum atomic E-state index is -3.07. The van der Waals surface area contributed by atoms with Crippen molar-refractivity contribution in [2.45, 2.75) is 58.4 Å². The SMILES string of the molecule is CCS(=O)(=O)CC(C)N(C)C(=O)CC1(CN)CCCCC1. The number of rotatable bonds is 7. The van der Waals surface area contributed by atoms with Gasteiger partial charge in [-0.2, -0.15) is 0 Å². The van der Waals surface area contributed by atoms with E-state index >= 15 is 0 Å². The summed E-state index contributed by atoms with van der Waals surface area (Å²) in [6, 6.07) is -0.291. The van der Waals surface area contributed by atoms with E-state index in [0.29, 0.717) is 13.0 Å². The van der Waals surface area contributed by atoms with Crippen LogP contribution < -0.4 is 5.73 Å². The Kier molecular flexibility index (Phi) is 6.66. The Morgan fingerprint density at radius 3 is 2.33 bits per heavy atom. The van der Waals surface area contributed by atoms with Crippen LogP contribution in [0, 0.1) is 5.41 Å². The molecule has 0 aliphatic heterocycles. The fourth-order valence-electron chi connectivity index (χ4n) is 3.04. The minimum Gasteiger partial charge on any atom is -0.342 e. The zero-order valence-electron chi connectivity index (χ0n) is 13.6. The normalized spacial score (nSPS) is 20.0. The summed E-state index contributed by atoms with van der Waals surface area (Å²) in [5, 5.41) is 0. The van der Waals surface area contributed by atoms with Gasteiger partial charge in [0.15, 0.2) is 9.84 Å². The maximum absolute atomic E-state index is 12.5. The molecular formula is C15H30N2O3S. The van der Waals surface area contributed by atoms with Gasteiger partial charge in [-0.3, -0.25) is 4.79 Å². The summed E-state index contributed by atoms with van der Waals surface area (Å²) in [5.41, 5.74) is 5.84. The molecule has 1 aliphatic rings. The molecule has 1 amide bonds. The number of hydrogen-bond donors (Lipinski definition) is 1. The van der Waals surface area contributed by atoms with Gasteiger partial charge in [-0.15, -0.1) is 0 Å². The van der Waals surface area contributed by atoms with Gasteiger partial charge in [0.05, 0.1) is 5.75 Å². The molecule has 0 spiro atoms. The average molecular weight is 318 g/mol. The van der Waals surface area contributed by atoms with Crippen molar-refractivity contribution in [1.82, 2.24) is 4.90 Å². The van der Waals surface area contributed by atoms with Gasteiger partial charge in [-0.05, 0) is 31.7 Å². The first-order valence-electron chi connectivity index (χ1n) is 7.91. The molecule has 5 nitrogen and oxygen atoms in total. The third kappa shape index (κ3) is 5.25. The molecule has 1 saturated carbocycles. The van der Waals surface area contributed by atoms with Crippen LogP contribution >= 0.6 is 0 Å². The molecule has 0 bridgehead atoms. The highest BCUT2D eigenvalue weighted by Crippen LogP contribution is 2.38. The van der Waals surface area contributed by atoms with E-state index in [1.54, 1.807) is 25.8 Å². The van der Waals surface area contributed by atoms with Crippen molar-refractivity contribution in [3.63, 3.8) is 0 Å². The monoisotopic (exact) mass is 318 g/mol. The highest BCUT2D eigenvalue weighted by Gasteiger charge is 2.34. The van der Waals surface area contributed by atoms with Gasteiger partial charge >= 0.3 is 0 Å². The molecule has 21 heavy (non-hydrogen) atoms. The van der Waals surface area contributed by atoms with Crippen LogP contribution in [0.25, 0.3) is 0 Å². The molecule has 124 valence electrons. The van der Waals surface area contributed by atoms with E-state index in [2.05, 4.69) is 0 Å². The third-order valence-electron chi connectivity index (χ3n) is 4.86. The number of nitrogens with two attached hydrogens (primary N) is 1. The maximum atomic E-state index is 12.5. The zero-order valence-corrected chi connectivity index (χ0v) is 14.4. The summed E-state index contributed by atoms with van der Waals surface area (Å²) < 4.78 is 23.4. The van der Waals surface area contributed by atoms with Gasteiger partial charge in [-0.1, -0.05) is 26.2 Å². The largest absolute Gasteiger partial charge is 0.342 e. The van der Waals surface area contributed by atoms with Crippen molar-refractivity contribution < 1.29 is 13.2 Å². The summed E-state index contributed by atoms with van der Waals surface area (Å²) in [6.07, 6.45) is 5.94. The first-order chi connectivity index (χ1) is 9.75. The summed E-state index contributed by atoms with van der Waals surface area (Å²) in [5.74, 6) is 0.161. The van der Waals surface area contributed by atoms with Gasteiger partial charge in [0, 0.05) is 25.3 Å². The summed E-state index contributed by atoms with van der Waals surface area (Å²) in [6.45, 7) is 3.96. The van der Waals surface area contributed by atoms with Gasteiger partial charge in [0.25, 0.3) is 0 Å². The fourth-order valence-corrected chi connectivity index (χ4v) is 4.24. The lowest BCUT2D eigenvalue weighted by atomic mass is 9.71. The lowest BCUT2D eigenvalue weighted by molar-refractivity contribution is -0.134. The Bertz CT molecular complexity index is 442. The van der Waals surface area contributed by atoms with Crippen molar-refractivity contribution in [3.8, 4) is 0 Å². The van der Waals surface area contributed by atoms with Crippen molar-refractivity contribution in [3.05, 3.63) is 0 Å². The highest BCUT2D eigenvalue weighted by atomic mass is 32.2. The molecular weight excluding hydrogens is 288 g/mol. The van der Waals surface area contributed by atoms with E-state index in [1.807, 2.05) is 0 Å². The van der Waals surface area contributed by atoms with E-state index in [9.17, 15) is 13.2 Å². The smallest absolute Gasteiger partial charge is 0.223 e. The van der Waals surface area contributed by atoms with Crippen LogP contribution in [0.3, 0.4) is 0 Å². The number of nitrogens with zero attached hydrogens (tertiary/aromatic N) is 1. The Labute approximate surface area is 129 Å². The number of sulfone groups is 1. The molecule has 0 heterocycles. The molecule has 1 atom stereocenters. The molecule has 1 aliphatic carbocycles. The summed E-state index contributed by atoms with van der Waals surface area (Å²) >= 11 is 0. The molecule has 2 N–H and O–H groups in total. The summed E-state index contributed by atoms with van der Waals surface area (Å²) in [4.78, 5) is 14.0. The highest BCUT2D eigenvalue weighted by molar-refractivity contribution is 7.91. The van der Waals surface area contributed by atoms with E-state index in [-0.39, 0.29) is 28.9 Å². The van der Waals surface area contributed by atoms with Gasteiger partial charge in [0.1, 0.15) is 0 Å². The summed E-state index contributed by atoms with van der Waals surface area (Å²) in [7, 11) is -1.37. The predicted molar refractivity (Wildman–Crippen MR) is 85.7 cm³/mol. The third-order valence-corrected chi connectivity index (χ3v) is 6.73. The molecule has 0 saturated heterocycles. The molecule has 0 aromatic heterocycles. The zero-order chi connectivity index (χ0) is 16.1. The van der Waals surface area contributed by atoms with Crippen LogP contribution in [-0.2, 0) is 14.6 Å². The Balaban J connectivity index is 2.65. The van der Waals surface area contributed by atoms with Crippen LogP contribution in [0.4, 0.5) is 0 Å². The lowest BCUT2D eigenvalue weighted by Gasteiger charge is -2.37. The van der Waals surface area contributed by atoms with Gasteiger partial charge in [0.2, 0.25) is 5.91 Å². The molecule has 1 unspecified atom stereocenters. The molecule has 0 radical (unpaired) electrons. The van der Waals surface area contributed by atoms with Crippen LogP contribution in [-0.4, -0.2) is 50.4 Å². The second-order valence-electron chi connectivity index (χ2n) is 6.49. The van der Waals surface area contributed by atoms with E-state index in [4.69, 9.17) is 5.73 Å². The molecule has 1 rings (SSSR count). The standard InChI is InChI=1S/C15H30N2O3S/c1-4-21(19,20)11-13(2)17(3)14(18)10-15(12-16)8-6-5-7-9-15/h13H,4-12,16H2,1-3H3. The van der Waals surface area contributed by atoms with Crippen molar-refractivity contribution in [2.75, 3.05) is 25.1 Å². The van der Waals surface area contributed by atoms with E-state index in [1.165, 1.54) is 6.42 Å². The molecule has 0 aromatic rings. The van der Waals surface area contributed by atoms with Crippen LogP contribution in [0.5, 0.6) is 0 Å². The average Bonchev–Trinajstić information content (AvgIpc) is 2.46. The number of hydrogen-bond acceptors (Lipinski definition) is 4. The maximum Gasteiger partial charge on any atom is 0.223 e. The van der Waals surface area contributed by atoms with Gasteiger partial charge < -0.3 is 10.6 Å². The van der Waals surface area contributed by atoms with Crippen molar-refractivity contribution in [1.29, 1.82) is 0 Å². The second-order valence-corrected chi connectivity index (χ2v) is 8.89. The Hall–Kier alpha value is -0.620. The number of carbonyl (C=O) groups excluding carboxylic acids is 1. The van der Waals surface area contributed by atoms with Crippen LogP contribution in [0.15, 0.2) is 0 Å². The fraction of sp³-hybridized carbons (Fsp3) is 0.933. The second kappa shape index (κ2) is 7.58. The quantitative estimate of drug-likeness (QED) is 0.772. The number of amides is 1. The van der Waals surface area contributed by atoms with E-state index < -0.39 is 9.84 Å². The lowest BCUT2D eigenvalue weighted by Crippen LogP contribution is -2.44. The van der Waals surface area contributed by atoms with Gasteiger partial charge in [-0.25, -0.2) is 8.42 Å². The molecule has 1 fully saturated rings. The first kappa shape index (κ1) is 18.4. The first-order valence-corrected chi connectivity index (χ1v) is 9.73. The Morgan fingerprint density at radius 2 is 1.86 bits per heavy atom. The predicted octanol–water partition coefficient (Wildman–Crippen LogP) is 1.57. The van der Waals surface area contributed by atoms with Crippen LogP contribution in [0.2, 0.25) is 0 Å². The Morgan fingerprint density at radius 1 is 1.29 bits per heavy atom. The topological polar surface area (TPSA) is 80.5 Å².